The molecule has 88 valence electrons. The first kappa shape index (κ1) is 10.3. The first-order chi connectivity index (χ1) is 8.36. The van der Waals surface area contributed by atoms with Crippen molar-refractivity contribution in [3.05, 3.63) is 46.1 Å². The van der Waals surface area contributed by atoms with E-state index in [1.807, 2.05) is 12.1 Å². The average Bonchev–Trinajstić information content (AvgIpc) is 2.56. The summed E-state index contributed by atoms with van der Waals surface area (Å²) in [5.74, 6) is 0. The van der Waals surface area contributed by atoms with Gasteiger partial charge in [-0.05, 0) is 37.8 Å². The number of hydrogen-bond donors (Lipinski definition) is 1. The summed E-state index contributed by atoms with van der Waals surface area (Å²) in [5.41, 5.74) is 3.05. The second-order valence-electron chi connectivity index (χ2n) is 4.48. The first-order valence-corrected chi connectivity index (χ1v) is 6.09. The van der Waals surface area contributed by atoms with E-state index in [1.54, 1.807) is 17.1 Å². The molecule has 0 aromatic carbocycles. The fourth-order valence-corrected chi connectivity index (χ4v) is 2.44. The monoisotopic (exact) mass is 229 g/mol. The smallest absolute Gasteiger partial charge is 0.274 e. The Kier molecular flexibility index (Phi) is 2.55. The molecule has 1 aliphatic rings. The zero-order valence-electron chi connectivity index (χ0n) is 9.65. The molecule has 0 aliphatic heterocycles. The number of rotatable bonds is 1. The lowest BCUT2D eigenvalue weighted by atomic mass is 10.1. The molecule has 0 saturated carbocycles. The van der Waals surface area contributed by atoms with Crippen molar-refractivity contribution in [1.29, 1.82) is 0 Å². The molecule has 4 nitrogen and oxygen atoms in total. The van der Waals surface area contributed by atoms with Crippen LogP contribution in [0.3, 0.4) is 0 Å². The van der Waals surface area contributed by atoms with Crippen molar-refractivity contribution in [3.8, 4) is 5.69 Å². The van der Waals surface area contributed by atoms with Crippen molar-refractivity contribution in [3.63, 3.8) is 0 Å². The Morgan fingerprint density at radius 2 is 1.88 bits per heavy atom. The molecule has 0 fully saturated rings. The number of fused-ring (bicyclic) bond motifs is 1. The van der Waals surface area contributed by atoms with E-state index in [0.29, 0.717) is 0 Å². The van der Waals surface area contributed by atoms with Crippen LogP contribution in [0, 0.1) is 0 Å². The van der Waals surface area contributed by atoms with Gasteiger partial charge in [0.05, 0.1) is 5.69 Å². The Balaban J connectivity index is 2.11. The molecule has 1 aliphatic carbocycles. The lowest BCUT2D eigenvalue weighted by Gasteiger charge is -2.00. The molecule has 1 N–H and O–H groups in total. The zero-order chi connectivity index (χ0) is 11.7. The van der Waals surface area contributed by atoms with E-state index in [4.69, 9.17) is 0 Å². The van der Waals surface area contributed by atoms with E-state index in [2.05, 4.69) is 10.1 Å². The van der Waals surface area contributed by atoms with Gasteiger partial charge in [-0.1, -0.05) is 6.42 Å². The van der Waals surface area contributed by atoms with E-state index in [-0.39, 0.29) is 5.56 Å². The van der Waals surface area contributed by atoms with Gasteiger partial charge in [-0.2, -0.15) is 0 Å². The molecule has 3 rings (SSSR count). The third-order valence-electron chi connectivity index (χ3n) is 3.35. The van der Waals surface area contributed by atoms with Gasteiger partial charge < -0.3 is 0 Å². The number of aromatic amines is 1. The van der Waals surface area contributed by atoms with Crippen LogP contribution in [0.15, 0.2) is 29.3 Å². The highest BCUT2D eigenvalue weighted by Gasteiger charge is 2.16. The molecule has 2 aromatic heterocycles. The van der Waals surface area contributed by atoms with E-state index >= 15 is 0 Å². The minimum Gasteiger partial charge on any atom is -0.295 e. The summed E-state index contributed by atoms with van der Waals surface area (Å²) in [7, 11) is 0. The fraction of sp³-hybridized carbons (Fsp3) is 0.385. The summed E-state index contributed by atoms with van der Waals surface area (Å²) in [6.07, 6.45) is 8.81. The Hall–Kier alpha value is -1.84. The summed E-state index contributed by atoms with van der Waals surface area (Å²) in [4.78, 5) is 16.2. The third kappa shape index (κ3) is 1.79. The van der Waals surface area contributed by atoms with Gasteiger partial charge in [-0.15, -0.1) is 0 Å². The molecule has 0 bridgehead atoms. The maximum atomic E-state index is 12.3. The molecule has 0 spiro atoms. The molecule has 2 aromatic rings. The Bertz CT molecular complexity index is 568. The molecular weight excluding hydrogens is 214 g/mol. The van der Waals surface area contributed by atoms with Crippen molar-refractivity contribution < 1.29 is 0 Å². The van der Waals surface area contributed by atoms with Crippen molar-refractivity contribution in [2.24, 2.45) is 0 Å². The van der Waals surface area contributed by atoms with Gasteiger partial charge in [0.15, 0.2) is 0 Å². The van der Waals surface area contributed by atoms with Crippen LogP contribution in [0.1, 0.15) is 30.5 Å². The largest absolute Gasteiger partial charge is 0.295 e. The molecule has 0 atom stereocenters. The Morgan fingerprint density at radius 1 is 1.12 bits per heavy atom. The maximum absolute atomic E-state index is 12.3. The lowest BCUT2D eigenvalue weighted by molar-refractivity contribution is 0.689. The van der Waals surface area contributed by atoms with Crippen molar-refractivity contribution in [1.82, 2.24) is 14.8 Å². The van der Waals surface area contributed by atoms with Gasteiger partial charge in [0.25, 0.3) is 5.56 Å². The minimum absolute atomic E-state index is 0.105. The molecule has 0 unspecified atom stereocenters. The molecular formula is C13H15N3O. The van der Waals surface area contributed by atoms with E-state index in [9.17, 15) is 4.79 Å². The van der Waals surface area contributed by atoms with Gasteiger partial charge in [0, 0.05) is 23.7 Å². The van der Waals surface area contributed by atoms with Crippen LogP contribution in [0.5, 0.6) is 0 Å². The predicted molar refractivity (Wildman–Crippen MR) is 65.4 cm³/mol. The van der Waals surface area contributed by atoms with Crippen molar-refractivity contribution >= 4 is 0 Å². The number of H-pyrrole nitrogens is 1. The third-order valence-corrected chi connectivity index (χ3v) is 3.35. The van der Waals surface area contributed by atoms with Crippen LogP contribution in [0.2, 0.25) is 0 Å². The molecule has 17 heavy (non-hydrogen) atoms. The summed E-state index contributed by atoms with van der Waals surface area (Å²) in [5, 5.41) is 3.23. The molecule has 4 heteroatoms. The van der Waals surface area contributed by atoms with E-state index in [1.165, 1.54) is 12.8 Å². The van der Waals surface area contributed by atoms with Crippen LogP contribution in [-0.2, 0) is 12.8 Å². The Labute approximate surface area is 99.3 Å². The number of pyridine rings is 1. The van der Waals surface area contributed by atoms with Crippen molar-refractivity contribution in [2.45, 2.75) is 32.1 Å². The summed E-state index contributed by atoms with van der Waals surface area (Å²) in [6, 6.07) is 3.69. The highest BCUT2D eigenvalue weighted by molar-refractivity contribution is 5.31. The number of nitrogens with one attached hydrogen (secondary N) is 1. The van der Waals surface area contributed by atoms with E-state index in [0.717, 1.165) is 36.2 Å². The van der Waals surface area contributed by atoms with Crippen LogP contribution in [-0.4, -0.2) is 14.8 Å². The standard InChI is InChI=1S/C13H15N3O/c17-13-11-4-2-1-3-5-12(11)15-16(13)10-6-8-14-9-7-10/h6-9,15H,1-5H2. The molecule has 0 amide bonds. The van der Waals surface area contributed by atoms with Crippen LogP contribution in [0.25, 0.3) is 5.69 Å². The second kappa shape index (κ2) is 4.20. The minimum atomic E-state index is 0.105. The van der Waals surface area contributed by atoms with Gasteiger partial charge in [0.2, 0.25) is 0 Å². The average molecular weight is 229 g/mol. The van der Waals surface area contributed by atoms with Crippen LogP contribution in [0.4, 0.5) is 0 Å². The quantitative estimate of drug-likeness (QED) is 0.758. The molecule has 2 heterocycles. The van der Waals surface area contributed by atoms with Crippen molar-refractivity contribution in [2.75, 3.05) is 0 Å². The predicted octanol–water partition coefficient (Wildman–Crippen LogP) is 1.83. The van der Waals surface area contributed by atoms with Gasteiger partial charge >= 0.3 is 0 Å². The summed E-state index contributed by atoms with van der Waals surface area (Å²) in [6.45, 7) is 0. The van der Waals surface area contributed by atoms with Gasteiger partial charge in [-0.3, -0.25) is 14.9 Å². The van der Waals surface area contributed by atoms with Crippen LogP contribution >= 0.6 is 0 Å². The van der Waals surface area contributed by atoms with Crippen LogP contribution < -0.4 is 5.56 Å². The van der Waals surface area contributed by atoms with Gasteiger partial charge in [-0.25, -0.2) is 4.68 Å². The van der Waals surface area contributed by atoms with Gasteiger partial charge in [0.1, 0.15) is 0 Å². The second-order valence-corrected chi connectivity index (χ2v) is 4.48. The number of aryl methyl sites for hydroxylation is 1. The highest BCUT2D eigenvalue weighted by Crippen LogP contribution is 2.17. The maximum Gasteiger partial charge on any atom is 0.274 e. The Morgan fingerprint density at radius 3 is 2.71 bits per heavy atom. The number of hydrogen-bond acceptors (Lipinski definition) is 2. The molecule has 0 radical (unpaired) electrons. The number of aromatic nitrogens is 3. The SMILES string of the molecule is O=c1c2c([nH]n1-c1ccncc1)CCCCC2. The lowest BCUT2D eigenvalue weighted by Crippen LogP contribution is -2.17. The first-order valence-electron chi connectivity index (χ1n) is 6.09. The zero-order valence-corrected chi connectivity index (χ0v) is 9.65. The molecule has 0 saturated heterocycles. The summed E-state index contributed by atoms with van der Waals surface area (Å²) < 4.78 is 1.64. The summed E-state index contributed by atoms with van der Waals surface area (Å²) >= 11 is 0. The highest BCUT2D eigenvalue weighted by atomic mass is 16.1. The normalized spacial score (nSPS) is 15.3. The van der Waals surface area contributed by atoms with E-state index < -0.39 is 0 Å². The fourth-order valence-electron chi connectivity index (χ4n) is 2.44. The number of nitrogens with zero attached hydrogens (tertiary/aromatic N) is 2. The topological polar surface area (TPSA) is 50.7 Å².